The average Bonchev–Trinajstić information content (AvgIpc) is 2.64. The fourth-order valence-corrected chi connectivity index (χ4v) is 2.85. The molecule has 1 aliphatic rings. The van der Waals surface area contributed by atoms with Crippen LogP contribution in [-0.4, -0.2) is 67.6 Å². The summed E-state index contributed by atoms with van der Waals surface area (Å²) in [6.07, 6.45) is 0. The lowest BCUT2D eigenvalue weighted by molar-refractivity contribution is -0.136. The van der Waals surface area contributed by atoms with Gasteiger partial charge in [-0.25, -0.2) is 0 Å². The highest BCUT2D eigenvalue weighted by atomic mass is 127. The van der Waals surface area contributed by atoms with Crippen molar-refractivity contribution in [3.8, 4) is 0 Å². The molecule has 1 aliphatic heterocycles. The van der Waals surface area contributed by atoms with Crippen LogP contribution in [-0.2, 0) is 9.53 Å². The van der Waals surface area contributed by atoms with Gasteiger partial charge in [-0.15, -0.1) is 24.0 Å². The lowest BCUT2D eigenvalue weighted by atomic mass is 9.97. The molecule has 6 nitrogen and oxygen atoms in total. The normalized spacial score (nSPS) is 16.1. The molecule has 1 saturated heterocycles. The Morgan fingerprint density at radius 2 is 1.84 bits per heavy atom. The van der Waals surface area contributed by atoms with Crippen molar-refractivity contribution in [3.63, 3.8) is 0 Å². The zero-order valence-corrected chi connectivity index (χ0v) is 17.4. The molecule has 1 atom stereocenters. The number of hydrogen-bond acceptors (Lipinski definition) is 3. The Labute approximate surface area is 167 Å². The van der Waals surface area contributed by atoms with Gasteiger partial charge in [0.05, 0.1) is 25.7 Å². The third kappa shape index (κ3) is 6.14. The van der Waals surface area contributed by atoms with Crippen LogP contribution in [0.3, 0.4) is 0 Å². The largest absolute Gasteiger partial charge is 0.378 e. The minimum Gasteiger partial charge on any atom is -0.378 e. The number of ether oxygens (including phenoxy) is 1. The van der Waals surface area contributed by atoms with E-state index in [1.54, 1.807) is 0 Å². The van der Waals surface area contributed by atoms with Gasteiger partial charge >= 0.3 is 0 Å². The maximum Gasteiger partial charge on any atom is 0.232 e. The zero-order chi connectivity index (χ0) is 17.4. The van der Waals surface area contributed by atoms with Gasteiger partial charge in [-0.2, -0.15) is 0 Å². The van der Waals surface area contributed by atoms with Gasteiger partial charge in [-0.1, -0.05) is 30.3 Å². The maximum atomic E-state index is 13.0. The van der Waals surface area contributed by atoms with Crippen molar-refractivity contribution < 1.29 is 9.53 Å². The van der Waals surface area contributed by atoms with E-state index in [1.165, 1.54) is 0 Å². The molecule has 0 aliphatic carbocycles. The monoisotopic (exact) mass is 460 g/mol. The summed E-state index contributed by atoms with van der Waals surface area (Å²) >= 11 is 0. The van der Waals surface area contributed by atoms with E-state index in [9.17, 15) is 4.79 Å². The van der Waals surface area contributed by atoms with Crippen molar-refractivity contribution in [2.24, 2.45) is 10.7 Å². The first kappa shape index (κ1) is 21.7. The molecule has 7 heteroatoms. The van der Waals surface area contributed by atoms with E-state index in [0.29, 0.717) is 38.8 Å². The summed E-state index contributed by atoms with van der Waals surface area (Å²) in [5, 5.41) is 0. The number of halogens is 1. The quantitative estimate of drug-likeness (QED) is 0.400. The van der Waals surface area contributed by atoms with Crippen LogP contribution >= 0.6 is 24.0 Å². The predicted molar refractivity (Wildman–Crippen MR) is 111 cm³/mol. The topological polar surface area (TPSA) is 71.2 Å². The van der Waals surface area contributed by atoms with Crippen molar-refractivity contribution in [1.29, 1.82) is 0 Å². The first-order valence-corrected chi connectivity index (χ1v) is 8.63. The SMILES string of the molecule is CCN(CC)C(N)=NCC(C(=O)N1CCOCC1)c1ccccc1.I. The van der Waals surface area contributed by atoms with Crippen LogP contribution in [0.2, 0.25) is 0 Å². The van der Waals surface area contributed by atoms with Gasteiger partial charge in [-0.05, 0) is 19.4 Å². The molecule has 2 rings (SSSR count). The number of carbonyl (C=O) groups excluding carboxylic acids is 1. The van der Waals surface area contributed by atoms with Crippen molar-refractivity contribution in [1.82, 2.24) is 9.80 Å². The van der Waals surface area contributed by atoms with Crippen LogP contribution in [0, 0.1) is 0 Å². The van der Waals surface area contributed by atoms with Crippen LogP contribution in [0.4, 0.5) is 0 Å². The third-order valence-corrected chi connectivity index (χ3v) is 4.35. The zero-order valence-electron chi connectivity index (χ0n) is 15.1. The molecule has 1 unspecified atom stereocenters. The number of hydrogen-bond donors (Lipinski definition) is 1. The van der Waals surface area contributed by atoms with Crippen LogP contribution in [0.1, 0.15) is 25.3 Å². The van der Waals surface area contributed by atoms with E-state index in [0.717, 1.165) is 18.7 Å². The minimum atomic E-state index is -0.307. The second-order valence-electron chi connectivity index (χ2n) is 5.77. The van der Waals surface area contributed by atoms with Crippen molar-refractivity contribution in [3.05, 3.63) is 35.9 Å². The lowest BCUT2D eigenvalue weighted by Crippen LogP contribution is -2.44. The molecular weight excluding hydrogens is 431 g/mol. The van der Waals surface area contributed by atoms with E-state index in [-0.39, 0.29) is 35.8 Å². The van der Waals surface area contributed by atoms with E-state index >= 15 is 0 Å². The minimum absolute atomic E-state index is 0. The molecule has 1 aromatic carbocycles. The highest BCUT2D eigenvalue weighted by Crippen LogP contribution is 2.20. The maximum absolute atomic E-state index is 13.0. The molecular formula is C18H29IN4O2. The van der Waals surface area contributed by atoms with Crippen LogP contribution in [0.5, 0.6) is 0 Å². The highest BCUT2D eigenvalue weighted by Gasteiger charge is 2.27. The van der Waals surface area contributed by atoms with Crippen molar-refractivity contribution in [2.45, 2.75) is 19.8 Å². The van der Waals surface area contributed by atoms with E-state index in [4.69, 9.17) is 10.5 Å². The number of guanidine groups is 1. The van der Waals surface area contributed by atoms with E-state index in [1.807, 2.05) is 54.0 Å². The second kappa shape index (κ2) is 11.3. The van der Waals surface area contributed by atoms with Gasteiger partial charge in [0.25, 0.3) is 0 Å². The van der Waals surface area contributed by atoms with Crippen LogP contribution in [0.15, 0.2) is 35.3 Å². The highest BCUT2D eigenvalue weighted by molar-refractivity contribution is 14.0. The summed E-state index contributed by atoms with van der Waals surface area (Å²) in [4.78, 5) is 21.3. The molecule has 0 saturated carbocycles. The Bertz CT molecular complexity index is 543. The number of nitrogens with two attached hydrogens (primary N) is 1. The van der Waals surface area contributed by atoms with E-state index < -0.39 is 0 Å². The molecule has 0 bridgehead atoms. The summed E-state index contributed by atoms with van der Waals surface area (Å²) in [5.41, 5.74) is 7.05. The third-order valence-electron chi connectivity index (χ3n) is 4.35. The number of carbonyl (C=O) groups is 1. The van der Waals surface area contributed by atoms with Gasteiger partial charge in [-0.3, -0.25) is 9.79 Å². The van der Waals surface area contributed by atoms with Gasteiger partial charge < -0.3 is 20.3 Å². The Morgan fingerprint density at radius 1 is 1.24 bits per heavy atom. The summed E-state index contributed by atoms with van der Waals surface area (Å²) in [7, 11) is 0. The van der Waals surface area contributed by atoms with Crippen LogP contribution < -0.4 is 5.73 Å². The van der Waals surface area contributed by atoms with Gasteiger partial charge in [0.15, 0.2) is 5.96 Å². The first-order chi connectivity index (χ1) is 11.7. The molecule has 140 valence electrons. The predicted octanol–water partition coefficient (Wildman–Crippen LogP) is 1.90. The summed E-state index contributed by atoms with van der Waals surface area (Å²) in [6.45, 7) is 8.52. The van der Waals surface area contributed by atoms with Crippen molar-refractivity contribution >= 4 is 35.8 Å². The second-order valence-corrected chi connectivity index (χ2v) is 5.77. The molecule has 2 N–H and O–H groups in total. The number of benzene rings is 1. The molecule has 25 heavy (non-hydrogen) atoms. The van der Waals surface area contributed by atoms with Crippen molar-refractivity contribution in [2.75, 3.05) is 45.9 Å². The van der Waals surface area contributed by atoms with Gasteiger partial charge in [0, 0.05) is 26.2 Å². The van der Waals surface area contributed by atoms with E-state index in [2.05, 4.69) is 4.99 Å². The Hall–Kier alpha value is -1.35. The summed E-state index contributed by atoms with van der Waals surface area (Å²) in [5.74, 6) is 0.287. The number of amides is 1. The molecule has 1 heterocycles. The first-order valence-electron chi connectivity index (χ1n) is 8.63. The molecule has 0 radical (unpaired) electrons. The molecule has 1 fully saturated rings. The number of morpholine rings is 1. The number of nitrogens with zero attached hydrogens (tertiary/aromatic N) is 3. The standard InChI is InChI=1S/C18H28N4O2.HI/c1-3-21(4-2)18(19)20-14-16(15-8-6-5-7-9-15)17(23)22-10-12-24-13-11-22;/h5-9,16H,3-4,10-14H2,1-2H3,(H2,19,20);1H. The summed E-state index contributed by atoms with van der Waals surface area (Å²) in [6, 6.07) is 9.81. The van der Waals surface area contributed by atoms with Crippen LogP contribution in [0.25, 0.3) is 0 Å². The Balaban J connectivity index is 0.00000312. The average molecular weight is 460 g/mol. The number of aliphatic imine (C=N–C) groups is 1. The van der Waals surface area contributed by atoms with Gasteiger partial charge in [0.1, 0.15) is 0 Å². The molecule has 0 aromatic heterocycles. The fourth-order valence-electron chi connectivity index (χ4n) is 2.85. The Kier molecular flexibility index (Phi) is 9.81. The smallest absolute Gasteiger partial charge is 0.232 e. The fraction of sp³-hybridized carbons (Fsp3) is 0.556. The number of rotatable bonds is 6. The Morgan fingerprint density at radius 3 is 2.40 bits per heavy atom. The molecule has 1 aromatic rings. The van der Waals surface area contributed by atoms with Gasteiger partial charge in [0.2, 0.25) is 5.91 Å². The summed E-state index contributed by atoms with van der Waals surface area (Å²) < 4.78 is 5.35. The molecule has 0 spiro atoms. The molecule has 1 amide bonds. The lowest BCUT2D eigenvalue weighted by Gasteiger charge is -2.30.